The highest BCUT2D eigenvalue weighted by Crippen LogP contribution is 2.21. The minimum atomic E-state index is -0.0890. The number of rotatable bonds is 22. The Morgan fingerprint density at radius 1 is 0.464 bits per heavy atom. The van der Waals surface area contributed by atoms with Crippen molar-refractivity contribution in [3.05, 3.63) is 5.21 Å². The van der Waals surface area contributed by atoms with Gasteiger partial charge in [-0.05, 0) is 25.7 Å². The first-order valence-electron chi connectivity index (χ1n) is 13.1. The van der Waals surface area contributed by atoms with E-state index in [4.69, 9.17) is 0 Å². The molecule has 0 spiro atoms. The number of hydrogen-bond donors (Lipinski definition) is 0. The smallest absolute Gasteiger partial charge is 0.0883 e. The Labute approximate surface area is 179 Å². The Hall–Kier alpha value is -0.0800. The Balaban J connectivity index is 3.61. The van der Waals surface area contributed by atoms with Gasteiger partial charge >= 0.3 is 0 Å². The number of nitrogens with zero attached hydrogens (tertiary/aromatic N) is 1. The lowest BCUT2D eigenvalue weighted by atomic mass is 9.98. The summed E-state index contributed by atoms with van der Waals surface area (Å²) in [5, 5.41) is 12.5. The van der Waals surface area contributed by atoms with Crippen molar-refractivity contribution in [1.29, 1.82) is 0 Å². The zero-order chi connectivity index (χ0) is 20.9. The summed E-state index contributed by atoms with van der Waals surface area (Å²) in [6.07, 6.45) is 28.3. The van der Waals surface area contributed by atoms with Crippen molar-refractivity contribution < 1.29 is 4.65 Å². The molecule has 0 aromatic heterocycles. The van der Waals surface area contributed by atoms with Crippen LogP contribution in [0.25, 0.3) is 0 Å². The maximum Gasteiger partial charge on any atom is 0.0883 e. The van der Waals surface area contributed by atoms with Crippen molar-refractivity contribution in [2.24, 2.45) is 0 Å². The highest BCUT2D eigenvalue weighted by molar-refractivity contribution is 4.61. The molecule has 1 unspecified atom stereocenters. The molecule has 0 aliphatic carbocycles. The van der Waals surface area contributed by atoms with Crippen molar-refractivity contribution in [3.8, 4) is 0 Å². The van der Waals surface area contributed by atoms with E-state index >= 15 is 0 Å². The van der Waals surface area contributed by atoms with E-state index in [1.807, 2.05) is 14.1 Å². The number of unbranched alkanes of at least 4 members (excludes halogenated alkanes) is 17. The van der Waals surface area contributed by atoms with Crippen LogP contribution in [0.15, 0.2) is 0 Å². The second-order valence-electron chi connectivity index (χ2n) is 9.68. The third-order valence-electron chi connectivity index (χ3n) is 6.41. The van der Waals surface area contributed by atoms with Crippen LogP contribution in [0.3, 0.4) is 0 Å². The second kappa shape index (κ2) is 20.2. The summed E-state index contributed by atoms with van der Waals surface area (Å²) >= 11 is 0. The topological polar surface area (TPSA) is 23.1 Å². The summed E-state index contributed by atoms with van der Waals surface area (Å²) in [5.74, 6) is 0. The lowest BCUT2D eigenvalue weighted by Gasteiger charge is -2.42. The fourth-order valence-electron chi connectivity index (χ4n) is 4.32. The molecular formula is C26H55NO. The average molecular weight is 398 g/mol. The molecule has 2 heteroatoms. The molecule has 0 aromatic rings. The molecule has 0 amide bonds. The summed E-state index contributed by atoms with van der Waals surface area (Å²) in [5.41, 5.74) is 0. The third-order valence-corrected chi connectivity index (χ3v) is 6.41. The van der Waals surface area contributed by atoms with Gasteiger partial charge < -0.3 is 9.85 Å². The predicted molar refractivity (Wildman–Crippen MR) is 128 cm³/mol. The second-order valence-corrected chi connectivity index (χ2v) is 9.68. The molecule has 0 aliphatic heterocycles. The van der Waals surface area contributed by atoms with Crippen molar-refractivity contribution >= 4 is 0 Å². The molecule has 28 heavy (non-hydrogen) atoms. The summed E-state index contributed by atoms with van der Waals surface area (Å²) in [7, 11) is 3.71. The van der Waals surface area contributed by atoms with E-state index in [0.29, 0.717) is 6.04 Å². The molecule has 170 valence electrons. The Bertz CT molecular complexity index is 297. The SMILES string of the molecule is CCCCCCCCCCCCCC(CCCCCCCCCC)[N+](C)(C)[O-]. The minimum absolute atomic E-state index is 0.0890. The van der Waals surface area contributed by atoms with Crippen molar-refractivity contribution in [2.45, 2.75) is 155 Å². The van der Waals surface area contributed by atoms with Gasteiger partial charge in [0.05, 0.1) is 20.1 Å². The fourth-order valence-corrected chi connectivity index (χ4v) is 4.32. The van der Waals surface area contributed by atoms with E-state index in [0.717, 1.165) is 12.8 Å². The molecule has 0 bridgehead atoms. The van der Waals surface area contributed by atoms with Gasteiger partial charge in [-0.15, -0.1) is 0 Å². The van der Waals surface area contributed by atoms with E-state index in [1.165, 1.54) is 122 Å². The third kappa shape index (κ3) is 19.2. The van der Waals surface area contributed by atoms with Gasteiger partial charge in [-0.3, -0.25) is 0 Å². The number of hydroxylamine groups is 3. The monoisotopic (exact) mass is 397 g/mol. The van der Waals surface area contributed by atoms with E-state index in [9.17, 15) is 5.21 Å². The van der Waals surface area contributed by atoms with Crippen LogP contribution in [0.4, 0.5) is 0 Å². The highest BCUT2D eigenvalue weighted by atomic mass is 16.5. The van der Waals surface area contributed by atoms with Gasteiger partial charge in [0.15, 0.2) is 0 Å². The van der Waals surface area contributed by atoms with Crippen LogP contribution in [0.1, 0.15) is 149 Å². The molecule has 0 fully saturated rings. The Morgan fingerprint density at radius 3 is 0.964 bits per heavy atom. The molecule has 0 radical (unpaired) electrons. The highest BCUT2D eigenvalue weighted by Gasteiger charge is 2.19. The molecule has 0 saturated carbocycles. The average Bonchev–Trinajstić information content (AvgIpc) is 2.65. The maximum absolute atomic E-state index is 12.5. The van der Waals surface area contributed by atoms with Crippen molar-refractivity contribution in [2.75, 3.05) is 14.1 Å². The Morgan fingerprint density at radius 2 is 0.714 bits per heavy atom. The van der Waals surface area contributed by atoms with Crippen LogP contribution in [-0.4, -0.2) is 24.8 Å². The molecule has 0 aromatic carbocycles. The predicted octanol–water partition coefficient (Wildman–Crippen LogP) is 9.16. The van der Waals surface area contributed by atoms with E-state index in [1.54, 1.807) is 0 Å². The van der Waals surface area contributed by atoms with Crippen LogP contribution < -0.4 is 0 Å². The normalized spacial score (nSPS) is 13.2. The lowest BCUT2D eigenvalue weighted by molar-refractivity contribution is -0.867. The quantitative estimate of drug-likeness (QED) is 0.101. The molecule has 0 aliphatic rings. The minimum Gasteiger partial charge on any atom is -0.633 e. The molecule has 2 nitrogen and oxygen atoms in total. The molecule has 0 rings (SSSR count). The van der Waals surface area contributed by atoms with Crippen LogP contribution in [0, 0.1) is 5.21 Å². The maximum atomic E-state index is 12.5. The largest absolute Gasteiger partial charge is 0.633 e. The van der Waals surface area contributed by atoms with Crippen LogP contribution in [0.2, 0.25) is 0 Å². The van der Waals surface area contributed by atoms with Crippen LogP contribution >= 0.6 is 0 Å². The van der Waals surface area contributed by atoms with Crippen molar-refractivity contribution in [3.63, 3.8) is 0 Å². The fraction of sp³-hybridized carbons (Fsp3) is 1.00. The first-order chi connectivity index (χ1) is 13.5. The molecule has 0 N–H and O–H groups in total. The number of hydrogen-bond acceptors (Lipinski definition) is 1. The first-order valence-corrected chi connectivity index (χ1v) is 13.1. The zero-order valence-corrected chi connectivity index (χ0v) is 20.3. The van der Waals surface area contributed by atoms with Crippen LogP contribution in [-0.2, 0) is 0 Å². The number of quaternary nitrogens is 1. The standard InChI is InChI=1S/C26H55NO/c1-5-7-9-11-13-15-16-17-19-21-23-25-26(27(3,4)28)24-22-20-18-14-12-10-8-6-2/h26H,5-25H2,1-4H3. The summed E-state index contributed by atoms with van der Waals surface area (Å²) in [6.45, 7) is 4.56. The van der Waals surface area contributed by atoms with Gasteiger partial charge in [0.25, 0.3) is 0 Å². The van der Waals surface area contributed by atoms with Crippen molar-refractivity contribution in [1.82, 2.24) is 0 Å². The molecule has 0 heterocycles. The van der Waals surface area contributed by atoms with Crippen LogP contribution in [0.5, 0.6) is 0 Å². The van der Waals surface area contributed by atoms with Gasteiger partial charge in [-0.2, -0.15) is 0 Å². The first kappa shape index (κ1) is 27.9. The molecular weight excluding hydrogens is 342 g/mol. The van der Waals surface area contributed by atoms with Gasteiger partial charge in [-0.1, -0.05) is 123 Å². The molecule has 1 atom stereocenters. The summed E-state index contributed by atoms with van der Waals surface area (Å²) in [4.78, 5) is 0. The summed E-state index contributed by atoms with van der Waals surface area (Å²) in [6, 6.07) is 0.318. The Kier molecular flexibility index (Phi) is 20.1. The van der Waals surface area contributed by atoms with E-state index in [-0.39, 0.29) is 4.65 Å². The van der Waals surface area contributed by atoms with Gasteiger partial charge in [0, 0.05) is 0 Å². The molecule has 0 saturated heterocycles. The van der Waals surface area contributed by atoms with Gasteiger partial charge in [0.1, 0.15) is 0 Å². The zero-order valence-electron chi connectivity index (χ0n) is 20.3. The lowest BCUT2D eigenvalue weighted by Crippen LogP contribution is -2.43. The van der Waals surface area contributed by atoms with Gasteiger partial charge in [0.2, 0.25) is 0 Å². The van der Waals surface area contributed by atoms with E-state index in [2.05, 4.69) is 13.8 Å². The van der Waals surface area contributed by atoms with E-state index < -0.39 is 0 Å². The van der Waals surface area contributed by atoms with Gasteiger partial charge in [-0.25, -0.2) is 0 Å². The summed E-state index contributed by atoms with van der Waals surface area (Å²) < 4.78 is -0.0890.